The lowest BCUT2D eigenvalue weighted by molar-refractivity contribution is 0.0620. The highest BCUT2D eigenvalue weighted by molar-refractivity contribution is 5.94. The fourth-order valence-electron chi connectivity index (χ4n) is 1.25. The van der Waals surface area contributed by atoms with Gasteiger partial charge in [0, 0.05) is 18.3 Å². The third-order valence-corrected chi connectivity index (χ3v) is 1.93. The Kier molecular flexibility index (Phi) is 3.76. The van der Waals surface area contributed by atoms with Gasteiger partial charge in [0.25, 0.3) is 12.3 Å². The lowest BCUT2D eigenvalue weighted by Gasteiger charge is -2.16. The Morgan fingerprint density at radius 2 is 2.06 bits per heavy atom. The van der Waals surface area contributed by atoms with Crippen LogP contribution in [0.3, 0.4) is 0 Å². The number of nitrogens with two attached hydrogens (primary N) is 1. The van der Waals surface area contributed by atoms with E-state index in [9.17, 15) is 18.0 Å². The molecule has 0 unspecified atom stereocenters. The highest BCUT2D eigenvalue weighted by Crippen LogP contribution is 2.13. The van der Waals surface area contributed by atoms with Crippen LogP contribution in [0, 0.1) is 5.82 Å². The number of alkyl halides is 2. The van der Waals surface area contributed by atoms with Gasteiger partial charge >= 0.3 is 0 Å². The van der Waals surface area contributed by atoms with E-state index in [1.165, 1.54) is 13.1 Å². The van der Waals surface area contributed by atoms with E-state index in [1.807, 2.05) is 0 Å². The molecule has 2 N–H and O–H groups in total. The van der Waals surface area contributed by atoms with Gasteiger partial charge in [0.05, 0.1) is 6.54 Å². The first kappa shape index (κ1) is 12.4. The second kappa shape index (κ2) is 4.87. The second-order valence-electron chi connectivity index (χ2n) is 3.35. The highest BCUT2D eigenvalue weighted by Gasteiger charge is 2.16. The highest BCUT2D eigenvalue weighted by atomic mass is 19.3. The van der Waals surface area contributed by atoms with Crippen molar-refractivity contribution in [1.29, 1.82) is 0 Å². The quantitative estimate of drug-likeness (QED) is 0.807. The first-order chi connectivity index (χ1) is 7.40. The lowest BCUT2D eigenvalue weighted by Crippen LogP contribution is -2.31. The van der Waals surface area contributed by atoms with E-state index in [1.54, 1.807) is 0 Å². The van der Waals surface area contributed by atoms with Gasteiger partial charge in [0.15, 0.2) is 0 Å². The second-order valence-corrected chi connectivity index (χ2v) is 3.35. The van der Waals surface area contributed by atoms with Gasteiger partial charge in [-0.1, -0.05) is 0 Å². The van der Waals surface area contributed by atoms with Crippen molar-refractivity contribution in [1.82, 2.24) is 4.90 Å². The van der Waals surface area contributed by atoms with E-state index >= 15 is 0 Å². The van der Waals surface area contributed by atoms with Crippen molar-refractivity contribution in [2.45, 2.75) is 6.43 Å². The molecule has 0 heterocycles. The molecule has 0 fully saturated rings. The number of halogens is 3. The van der Waals surface area contributed by atoms with Gasteiger partial charge in [-0.15, -0.1) is 0 Å². The molecule has 1 amide bonds. The number of hydrogen-bond acceptors (Lipinski definition) is 2. The fraction of sp³-hybridized carbons (Fsp3) is 0.300. The van der Waals surface area contributed by atoms with Gasteiger partial charge in [-0.3, -0.25) is 4.79 Å². The molecule has 0 aliphatic rings. The standard InChI is InChI=1S/C10H11F3N2O/c1-15(5-9(12)13)10(16)6-2-7(11)4-8(14)3-6/h2-4,9H,5,14H2,1H3. The molecule has 0 radical (unpaired) electrons. The third kappa shape index (κ3) is 3.15. The molecule has 1 aromatic carbocycles. The number of carbonyl (C=O) groups is 1. The van der Waals surface area contributed by atoms with Crippen LogP contribution in [0.15, 0.2) is 18.2 Å². The Morgan fingerprint density at radius 1 is 1.44 bits per heavy atom. The molecule has 0 aliphatic carbocycles. The Balaban J connectivity index is 2.87. The maximum absolute atomic E-state index is 12.9. The zero-order valence-electron chi connectivity index (χ0n) is 8.58. The Morgan fingerprint density at radius 3 is 2.56 bits per heavy atom. The first-order valence-corrected chi connectivity index (χ1v) is 4.50. The van der Waals surface area contributed by atoms with Crippen molar-refractivity contribution in [2.24, 2.45) is 0 Å². The van der Waals surface area contributed by atoms with E-state index in [4.69, 9.17) is 5.73 Å². The Hall–Kier alpha value is -1.72. The maximum atomic E-state index is 12.9. The number of nitrogen functional groups attached to an aromatic ring is 1. The van der Waals surface area contributed by atoms with Gasteiger partial charge < -0.3 is 10.6 Å². The van der Waals surface area contributed by atoms with Crippen LogP contribution in [0.4, 0.5) is 18.9 Å². The monoisotopic (exact) mass is 232 g/mol. The summed E-state index contributed by atoms with van der Waals surface area (Å²) in [6.45, 7) is -0.699. The minimum absolute atomic E-state index is 0.0411. The predicted octanol–water partition coefficient (Wildman–Crippen LogP) is 1.75. The molecule has 0 saturated heterocycles. The summed E-state index contributed by atoms with van der Waals surface area (Å²) in [5, 5.41) is 0. The van der Waals surface area contributed by atoms with Crippen LogP contribution < -0.4 is 5.73 Å². The van der Waals surface area contributed by atoms with Crippen LogP contribution in [0.2, 0.25) is 0 Å². The number of nitrogens with zero attached hydrogens (tertiary/aromatic N) is 1. The van der Waals surface area contributed by atoms with Crippen molar-refractivity contribution in [3.05, 3.63) is 29.6 Å². The summed E-state index contributed by atoms with van der Waals surface area (Å²) in [6.07, 6.45) is -2.63. The summed E-state index contributed by atoms with van der Waals surface area (Å²) in [5.41, 5.74) is 5.38. The van der Waals surface area contributed by atoms with E-state index in [-0.39, 0.29) is 11.3 Å². The first-order valence-electron chi connectivity index (χ1n) is 4.50. The molecule has 1 aromatic rings. The van der Waals surface area contributed by atoms with Crippen LogP contribution >= 0.6 is 0 Å². The average Bonchev–Trinajstić information content (AvgIpc) is 2.13. The number of carbonyl (C=O) groups excluding carboxylic acids is 1. The molecule has 0 spiro atoms. The van der Waals surface area contributed by atoms with Crippen molar-refractivity contribution >= 4 is 11.6 Å². The molecule has 0 aliphatic heterocycles. The number of anilines is 1. The number of rotatable bonds is 3. The van der Waals surface area contributed by atoms with Gasteiger partial charge in [-0.2, -0.15) is 0 Å². The van der Waals surface area contributed by atoms with Gasteiger partial charge in [0.2, 0.25) is 0 Å². The molecule has 0 bridgehead atoms. The number of benzene rings is 1. The number of amides is 1. The van der Waals surface area contributed by atoms with E-state index in [0.717, 1.165) is 17.0 Å². The average molecular weight is 232 g/mol. The molecule has 88 valence electrons. The topological polar surface area (TPSA) is 46.3 Å². The summed E-state index contributed by atoms with van der Waals surface area (Å²) in [7, 11) is 1.22. The molecule has 1 rings (SSSR count). The molecular weight excluding hydrogens is 221 g/mol. The van der Waals surface area contributed by atoms with Crippen molar-refractivity contribution in [3.63, 3.8) is 0 Å². The summed E-state index contributed by atoms with van der Waals surface area (Å²) >= 11 is 0. The zero-order chi connectivity index (χ0) is 12.3. The molecule has 0 saturated carbocycles. The normalized spacial score (nSPS) is 10.6. The molecule has 3 nitrogen and oxygen atoms in total. The maximum Gasteiger partial charge on any atom is 0.255 e. The summed E-state index contributed by atoms with van der Waals surface area (Å²) in [4.78, 5) is 12.4. The molecular formula is C10H11F3N2O. The van der Waals surface area contributed by atoms with Gasteiger partial charge in [-0.05, 0) is 18.2 Å². The summed E-state index contributed by atoms with van der Waals surface area (Å²) in [6, 6.07) is 3.25. The van der Waals surface area contributed by atoms with Gasteiger partial charge in [0.1, 0.15) is 5.82 Å². The largest absolute Gasteiger partial charge is 0.399 e. The van der Waals surface area contributed by atoms with E-state index < -0.39 is 24.7 Å². The molecule has 16 heavy (non-hydrogen) atoms. The van der Waals surface area contributed by atoms with Gasteiger partial charge in [-0.25, -0.2) is 13.2 Å². The van der Waals surface area contributed by atoms with Crippen LogP contribution in [-0.2, 0) is 0 Å². The van der Waals surface area contributed by atoms with Crippen molar-refractivity contribution in [2.75, 3.05) is 19.3 Å². The summed E-state index contributed by atoms with van der Waals surface area (Å²) < 4.78 is 37.0. The Labute approximate surface area is 90.6 Å². The van der Waals surface area contributed by atoms with Crippen molar-refractivity contribution < 1.29 is 18.0 Å². The van der Waals surface area contributed by atoms with Crippen LogP contribution in [-0.4, -0.2) is 30.8 Å². The lowest BCUT2D eigenvalue weighted by atomic mass is 10.1. The van der Waals surface area contributed by atoms with E-state index in [2.05, 4.69) is 0 Å². The summed E-state index contributed by atoms with van der Waals surface area (Å²) in [5.74, 6) is -1.36. The minimum Gasteiger partial charge on any atom is -0.399 e. The zero-order valence-corrected chi connectivity index (χ0v) is 8.58. The minimum atomic E-state index is -2.63. The number of hydrogen-bond donors (Lipinski definition) is 1. The molecule has 6 heteroatoms. The molecule has 0 aromatic heterocycles. The van der Waals surface area contributed by atoms with E-state index in [0.29, 0.717) is 0 Å². The predicted molar refractivity (Wildman–Crippen MR) is 53.8 cm³/mol. The van der Waals surface area contributed by atoms with Crippen LogP contribution in [0.5, 0.6) is 0 Å². The van der Waals surface area contributed by atoms with Crippen LogP contribution in [0.1, 0.15) is 10.4 Å². The third-order valence-electron chi connectivity index (χ3n) is 1.93. The Bertz CT molecular complexity index is 375. The SMILES string of the molecule is CN(CC(F)F)C(=O)c1cc(N)cc(F)c1. The van der Waals surface area contributed by atoms with Crippen LogP contribution in [0.25, 0.3) is 0 Å². The van der Waals surface area contributed by atoms with Crippen molar-refractivity contribution in [3.8, 4) is 0 Å². The smallest absolute Gasteiger partial charge is 0.255 e. The fourth-order valence-corrected chi connectivity index (χ4v) is 1.25. The molecule has 0 atom stereocenters.